The molecule has 0 atom stereocenters. The highest BCUT2D eigenvalue weighted by molar-refractivity contribution is 6.30. The summed E-state index contributed by atoms with van der Waals surface area (Å²) in [4.78, 5) is 0. The number of halogens is 4. The Kier molecular flexibility index (Phi) is 4.75. The van der Waals surface area contributed by atoms with Crippen LogP contribution >= 0.6 is 11.6 Å². The van der Waals surface area contributed by atoms with Gasteiger partial charge in [0, 0.05) is 17.1 Å². The van der Waals surface area contributed by atoms with Crippen LogP contribution in [0.5, 0.6) is 5.75 Å². The lowest BCUT2D eigenvalue weighted by Crippen LogP contribution is -2.17. The van der Waals surface area contributed by atoms with Gasteiger partial charge in [0.25, 0.3) is 0 Å². The van der Waals surface area contributed by atoms with E-state index in [1.807, 2.05) is 0 Å². The molecule has 112 valence electrons. The zero-order valence-electron chi connectivity index (χ0n) is 11.2. The van der Waals surface area contributed by atoms with Gasteiger partial charge in [-0.1, -0.05) is 35.9 Å². The topological polar surface area (TPSA) is 21.3 Å². The molecule has 2 rings (SSSR count). The van der Waals surface area contributed by atoms with Gasteiger partial charge in [0.2, 0.25) is 0 Å². The van der Waals surface area contributed by atoms with Crippen LogP contribution in [-0.4, -0.2) is 13.4 Å². The van der Waals surface area contributed by atoms with Gasteiger partial charge in [0.15, 0.2) is 0 Å². The van der Waals surface area contributed by atoms with Gasteiger partial charge in [-0.15, -0.1) is 13.2 Å². The minimum atomic E-state index is -4.73. The Hall–Kier alpha value is -1.72. The Bertz CT molecular complexity index is 629. The fraction of sp³-hybridized carbons (Fsp3) is 0.200. The Morgan fingerprint density at radius 3 is 2.48 bits per heavy atom. The van der Waals surface area contributed by atoms with Gasteiger partial charge in [0.05, 0.1) is 0 Å². The minimum Gasteiger partial charge on any atom is -0.405 e. The summed E-state index contributed by atoms with van der Waals surface area (Å²) >= 11 is 5.95. The van der Waals surface area contributed by atoms with Crippen molar-refractivity contribution in [3.63, 3.8) is 0 Å². The number of hydrogen-bond donors (Lipinski definition) is 1. The first kappa shape index (κ1) is 15.7. The molecule has 0 spiro atoms. The molecule has 0 unspecified atom stereocenters. The number of rotatable bonds is 4. The zero-order chi connectivity index (χ0) is 15.5. The first-order valence-electron chi connectivity index (χ1n) is 6.19. The first-order valence-corrected chi connectivity index (χ1v) is 6.56. The molecule has 0 saturated heterocycles. The highest BCUT2D eigenvalue weighted by Crippen LogP contribution is 2.36. The molecule has 2 aromatic rings. The monoisotopic (exact) mass is 315 g/mol. The predicted octanol–water partition coefficient (Wildman–Crippen LogP) is 4.63. The van der Waals surface area contributed by atoms with Crippen LogP contribution in [0.3, 0.4) is 0 Å². The molecule has 0 fully saturated rings. The average molecular weight is 316 g/mol. The van der Waals surface area contributed by atoms with E-state index < -0.39 is 6.36 Å². The summed E-state index contributed by atoms with van der Waals surface area (Å²) < 4.78 is 41.6. The van der Waals surface area contributed by atoms with E-state index in [1.165, 1.54) is 12.1 Å². The van der Waals surface area contributed by atoms with Crippen molar-refractivity contribution in [1.82, 2.24) is 5.32 Å². The molecule has 0 aromatic heterocycles. The van der Waals surface area contributed by atoms with Crippen LogP contribution in [0.15, 0.2) is 42.5 Å². The number of benzene rings is 2. The summed E-state index contributed by atoms with van der Waals surface area (Å²) in [5.74, 6) is -0.232. The van der Waals surface area contributed by atoms with Gasteiger partial charge >= 0.3 is 6.36 Å². The van der Waals surface area contributed by atoms with Crippen LogP contribution in [-0.2, 0) is 6.54 Å². The molecule has 0 amide bonds. The van der Waals surface area contributed by atoms with Crippen LogP contribution < -0.4 is 10.1 Å². The summed E-state index contributed by atoms with van der Waals surface area (Å²) in [7, 11) is 1.75. The number of para-hydroxylation sites is 1. The molecule has 0 saturated carbocycles. The van der Waals surface area contributed by atoms with Crippen molar-refractivity contribution >= 4 is 11.6 Å². The molecule has 0 bridgehead atoms. The van der Waals surface area contributed by atoms with E-state index in [0.29, 0.717) is 22.7 Å². The number of nitrogens with one attached hydrogen (secondary N) is 1. The predicted molar refractivity (Wildman–Crippen MR) is 76.3 cm³/mol. The molecule has 1 N–H and O–H groups in total. The van der Waals surface area contributed by atoms with Crippen LogP contribution in [0.25, 0.3) is 11.1 Å². The van der Waals surface area contributed by atoms with E-state index in [4.69, 9.17) is 11.6 Å². The average Bonchev–Trinajstić information content (AvgIpc) is 2.39. The maximum absolute atomic E-state index is 12.5. The standard InChI is InChI=1S/C15H13ClF3NO/c1-20-9-10-8-11(16)6-7-12(10)13-4-2-3-5-14(13)21-15(17,18)19/h2-8,20H,9H2,1H3. The molecule has 2 aromatic carbocycles. The summed E-state index contributed by atoms with van der Waals surface area (Å²) in [6, 6.07) is 11.1. The Balaban J connectivity index is 2.51. The maximum Gasteiger partial charge on any atom is 0.573 e. The third kappa shape index (κ3) is 4.12. The third-order valence-electron chi connectivity index (χ3n) is 2.84. The number of ether oxygens (including phenoxy) is 1. The van der Waals surface area contributed by atoms with Crippen molar-refractivity contribution in [2.75, 3.05) is 7.05 Å². The molecule has 0 radical (unpaired) electrons. The van der Waals surface area contributed by atoms with Crippen LogP contribution in [0.1, 0.15) is 5.56 Å². The molecule has 0 heterocycles. The maximum atomic E-state index is 12.5. The quantitative estimate of drug-likeness (QED) is 0.888. The largest absolute Gasteiger partial charge is 0.573 e. The molecule has 0 aliphatic rings. The van der Waals surface area contributed by atoms with Crippen molar-refractivity contribution in [2.45, 2.75) is 12.9 Å². The molecule has 2 nitrogen and oxygen atoms in total. The second kappa shape index (κ2) is 6.37. The van der Waals surface area contributed by atoms with E-state index in [2.05, 4.69) is 10.1 Å². The lowest BCUT2D eigenvalue weighted by atomic mass is 9.99. The fourth-order valence-corrected chi connectivity index (χ4v) is 2.26. The molecular formula is C15H13ClF3NO. The highest BCUT2D eigenvalue weighted by atomic mass is 35.5. The lowest BCUT2D eigenvalue weighted by molar-refractivity contribution is -0.274. The van der Waals surface area contributed by atoms with Gasteiger partial charge in [0.1, 0.15) is 5.75 Å². The van der Waals surface area contributed by atoms with E-state index >= 15 is 0 Å². The van der Waals surface area contributed by atoms with Gasteiger partial charge < -0.3 is 10.1 Å². The van der Waals surface area contributed by atoms with E-state index in [1.54, 1.807) is 37.4 Å². The Morgan fingerprint density at radius 2 is 1.81 bits per heavy atom. The van der Waals surface area contributed by atoms with E-state index in [-0.39, 0.29) is 5.75 Å². The molecular weight excluding hydrogens is 303 g/mol. The fourth-order valence-electron chi connectivity index (χ4n) is 2.06. The summed E-state index contributed by atoms with van der Waals surface area (Å²) in [5, 5.41) is 3.49. The normalized spacial score (nSPS) is 11.5. The second-order valence-electron chi connectivity index (χ2n) is 4.38. The van der Waals surface area contributed by atoms with Crippen LogP contribution in [0, 0.1) is 0 Å². The first-order chi connectivity index (χ1) is 9.90. The minimum absolute atomic E-state index is 0.232. The van der Waals surface area contributed by atoms with Crippen molar-refractivity contribution in [2.24, 2.45) is 0 Å². The van der Waals surface area contributed by atoms with E-state index in [0.717, 1.165) is 5.56 Å². The molecule has 0 aliphatic heterocycles. The van der Waals surface area contributed by atoms with E-state index in [9.17, 15) is 13.2 Å². The lowest BCUT2D eigenvalue weighted by Gasteiger charge is -2.16. The molecule has 21 heavy (non-hydrogen) atoms. The SMILES string of the molecule is CNCc1cc(Cl)ccc1-c1ccccc1OC(F)(F)F. The van der Waals surface area contributed by atoms with Gasteiger partial charge in [-0.2, -0.15) is 0 Å². The van der Waals surface area contributed by atoms with Gasteiger partial charge in [-0.25, -0.2) is 0 Å². The number of hydrogen-bond acceptors (Lipinski definition) is 2. The van der Waals surface area contributed by atoms with Crippen molar-refractivity contribution in [3.05, 3.63) is 53.1 Å². The smallest absolute Gasteiger partial charge is 0.405 e. The van der Waals surface area contributed by atoms with Crippen molar-refractivity contribution in [1.29, 1.82) is 0 Å². The summed E-state index contributed by atoms with van der Waals surface area (Å²) in [5.41, 5.74) is 1.81. The van der Waals surface area contributed by atoms with Crippen LogP contribution in [0.4, 0.5) is 13.2 Å². The van der Waals surface area contributed by atoms with Crippen molar-refractivity contribution < 1.29 is 17.9 Å². The molecule has 6 heteroatoms. The van der Waals surface area contributed by atoms with Crippen molar-refractivity contribution in [3.8, 4) is 16.9 Å². The van der Waals surface area contributed by atoms with Crippen LogP contribution in [0.2, 0.25) is 5.02 Å². The third-order valence-corrected chi connectivity index (χ3v) is 3.07. The second-order valence-corrected chi connectivity index (χ2v) is 4.81. The summed E-state index contributed by atoms with van der Waals surface area (Å²) in [6.07, 6.45) is -4.73. The Morgan fingerprint density at radius 1 is 1.10 bits per heavy atom. The van der Waals surface area contributed by atoms with Gasteiger partial charge in [-0.05, 0) is 36.4 Å². The Labute approximate surface area is 125 Å². The zero-order valence-corrected chi connectivity index (χ0v) is 11.9. The summed E-state index contributed by atoms with van der Waals surface area (Å²) in [6.45, 7) is 0.482. The number of alkyl halides is 3. The van der Waals surface area contributed by atoms with Gasteiger partial charge in [-0.3, -0.25) is 0 Å². The highest BCUT2D eigenvalue weighted by Gasteiger charge is 2.32. The molecule has 0 aliphatic carbocycles.